The van der Waals surface area contributed by atoms with E-state index in [-0.39, 0.29) is 18.6 Å². The van der Waals surface area contributed by atoms with E-state index >= 15 is 0 Å². The topological polar surface area (TPSA) is 64.0 Å². The number of benzene rings is 2. The molecule has 1 aliphatic carbocycles. The SMILES string of the molecule is O=C(c1cc2c(cn1)c(=O)cc(Nc1ccccc1)n2-c1ccccc1)C1CCCC1.[HH]. The summed E-state index contributed by atoms with van der Waals surface area (Å²) >= 11 is 0. The number of nitrogens with zero attached hydrogens (tertiary/aromatic N) is 2. The van der Waals surface area contributed by atoms with Gasteiger partial charge in [0.2, 0.25) is 0 Å². The van der Waals surface area contributed by atoms with Crippen molar-refractivity contribution in [3.63, 3.8) is 0 Å². The van der Waals surface area contributed by atoms with Gasteiger partial charge >= 0.3 is 0 Å². The number of carbonyl (C=O) groups excluding carboxylic acids is 1. The van der Waals surface area contributed by atoms with Crippen molar-refractivity contribution in [3.05, 3.63) is 94.9 Å². The minimum atomic E-state index is -0.132. The van der Waals surface area contributed by atoms with E-state index < -0.39 is 0 Å². The molecule has 2 aromatic heterocycles. The monoisotopic (exact) mass is 411 g/mol. The van der Waals surface area contributed by atoms with Crippen molar-refractivity contribution < 1.29 is 6.22 Å². The molecular formula is C26H25N3O2. The minimum absolute atomic E-state index is 0. The van der Waals surface area contributed by atoms with Crippen LogP contribution in [0, 0.1) is 5.92 Å². The number of hydrogen-bond acceptors (Lipinski definition) is 4. The van der Waals surface area contributed by atoms with Crippen molar-refractivity contribution in [2.45, 2.75) is 25.7 Å². The normalized spacial score (nSPS) is 14.1. The molecule has 0 amide bonds. The number of Topliss-reactive ketones (excluding diaryl/α,β-unsaturated/α-hetero) is 1. The van der Waals surface area contributed by atoms with Gasteiger partial charge in [-0.15, -0.1) is 0 Å². The average molecular weight is 412 g/mol. The van der Waals surface area contributed by atoms with Crippen LogP contribution in [0.25, 0.3) is 16.6 Å². The largest absolute Gasteiger partial charge is 0.341 e. The van der Waals surface area contributed by atoms with Gasteiger partial charge in [0.15, 0.2) is 11.2 Å². The van der Waals surface area contributed by atoms with Crippen LogP contribution in [0.5, 0.6) is 0 Å². The van der Waals surface area contributed by atoms with E-state index in [1.807, 2.05) is 65.2 Å². The van der Waals surface area contributed by atoms with Crippen LogP contribution in [0.3, 0.4) is 0 Å². The lowest BCUT2D eigenvalue weighted by molar-refractivity contribution is 0.0918. The van der Waals surface area contributed by atoms with E-state index in [2.05, 4.69) is 10.3 Å². The van der Waals surface area contributed by atoms with Crippen molar-refractivity contribution in [1.29, 1.82) is 0 Å². The number of ketones is 1. The maximum Gasteiger partial charge on any atom is 0.193 e. The molecule has 5 rings (SSSR count). The first-order chi connectivity index (χ1) is 15.2. The Morgan fingerprint density at radius 2 is 1.65 bits per heavy atom. The molecule has 2 heterocycles. The molecule has 1 N–H and O–H groups in total. The number of aromatic nitrogens is 2. The van der Waals surface area contributed by atoms with Crippen LogP contribution < -0.4 is 10.7 Å². The number of rotatable bonds is 5. The predicted octanol–water partition coefficient (Wildman–Crippen LogP) is 5.75. The quantitative estimate of drug-likeness (QED) is 0.425. The van der Waals surface area contributed by atoms with Crippen LogP contribution in [-0.4, -0.2) is 15.3 Å². The number of anilines is 2. The summed E-state index contributed by atoms with van der Waals surface area (Å²) < 4.78 is 1.98. The molecule has 2 aromatic carbocycles. The molecule has 5 heteroatoms. The van der Waals surface area contributed by atoms with Gasteiger partial charge in [0, 0.05) is 31.0 Å². The predicted molar refractivity (Wildman–Crippen MR) is 125 cm³/mol. The molecule has 0 radical (unpaired) electrons. The number of pyridine rings is 2. The maximum atomic E-state index is 13.0. The number of hydrogen-bond donors (Lipinski definition) is 1. The average Bonchev–Trinajstić information content (AvgIpc) is 3.35. The number of carbonyl (C=O) groups is 1. The highest BCUT2D eigenvalue weighted by atomic mass is 16.1. The van der Waals surface area contributed by atoms with Crippen LogP contribution in [0.15, 0.2) is 83.8 Å². The maximum absolute atomic E-state index is 13.0. The Hall–Kier alpha value is -3.73. The van der Waals surface area contributed by atoms with Gasteiger partial charge < -0.3 is 5.32 Å². The molecule has 1 aliphatic rings. The lowest BCUT2D eigenvalue weighted by atomic mass is 9.99. The highest BCUT2D eigenvalue weighted by Crippen LogP contribution is 2.29. The summed E-state index contributed by atoms with van der Waals surface area (Å²) in [4.78, 5) is 30.3. The molecule has 0 atom stereocenters. The molecule has 0 spiro atoms. The highest BCUT2D eigenvalue weighted by molar-refractivity contribution is 5.99. The van der Waals surface area contributed by atoms with E-state index in [1.54, 1.807) is 18.3 Å². The van der Waals surface area contributed by atoms with Gasteiger partial charge in [-0.3, -0.25) is 19.1 Å². The van der Waals surface area contributed by atoms with E-state index in [1.165, 1.54) is 0 Å². The summed E-state index contributed by atoms with van der Waals surface area (Å²) in [6.07, 6.45) is 5.55. The minimum Gasteiger partial charge on any atom is -0.341 e. The molecule has 0 unspecified atom stereocenters. The number of fused-ring (bicyclic) bond motifs is 1. The molecule has 156 valence electrons. The van der Waals surface area contributed by atoms with Crippen LogP contribution >= 0.6 is 0 Å². The van der Waals surface area contributed by atoms with Gasteiger partial charge in [0.25, 0.3) is 0 Å². The molecule has 0 bridgehead atoms. The second-order valence-corrected chi connectivity index (χ2v) is 7.99. The van der Waals surface area contributed by atoms with E-state index in [0.29, 0.717) is 22.4 Å². The Labute approximate surface area is 181 Å². The van der Waals surface area contributed by atoms with Crippen LogP contribution in [-0.2, 0) is 0 Å². The number of nitrogens with one attached hydrogen (secondary N) is 1. The first kappa shape index (κ1) is 19.2. The summed E-state index contributed by atoms with van der Waals surface area (Å²) in [5.74, 6) is 0.751. The zero-order chi connectivity index (χ0) is 21.2. The van der Waals surface area contributed by atoms with Crippen LogP contribution in [0.2, 0.25) is 0 Å². The van der Waals surface area contributed by atoms with E-state index in [0.717, 1.165) is 37.1 Å². The summed E-state index contributed by atoms with van der Waals surface area (Å²) in [6, 6.07) is 22.9. The fourth-order valence-corrected chi connectivity index (χ4v) is 4.36. The summed E-state index contributed by atoms with van der Waals surface area (Å²) in [7, 11) is 0. The fourth-order valence-electron chi connectivity index (χ4n) is 4.36. The summed E-state index contributed by atoms with van der Waals surface area (Å²) in [6.45, 7) is 0. The highest BCUT2D eigenvalue weighted by Gasteiger charge is 2.25. The first-order valence-electron chi connectivity index (χ1n) is 10.7. The molecule has 0 saturated heterocycles. The van der Waals surface area contributed by atoms with Crippen molar-refractivity contribution in [2.75, 3.05) is 5.32 Å². The Balaban J connectivity index is 0.00000245. The van der Waals surface area contributed by atoms with Crippen molar-refractivity contribution >= 4 is 28.2 Å². The first-order valence-corrected chi connectivity index (χ1v) is 10.7. The summed E-state index contributed by atoms with van der Waals surface area (Å²) in [5.41, 5.74) is 2.75. The zero-order valence-electron chi connectivity index (χ0n) is 17.1. The van der Waals surface area contributed by atoms with Crippen LogP contribution in [0.1, 0.15) is 37.6 Å². The van der Waals surface area contributed by atoms with Gasteiger partial charge in [-0.1, -0.05) is 49.2 Å². The third-order valence-electron chi connectivity index (χ3n) is 5.94. The second kappa shape index (κ2) is 8.19. The van der Waals surface area contributed by atoms with Gasteiger partial charge in [0.05, 0.1) is 10.9 Å². The van der Waals surface area contributed by atoms with E-state index in [9.17, 15) is 9.59 Å². The standard InChI is InChI=1S/C26H23N3O2.H2/c30-24-16-25(28-19-11-3-1-4-12-19)29(20-13-5-2-6-14-20)23-15-22(27-17-21(23)24)26(31)18-9-7-8-10-18;/h1-6,11-18,28H,7-10H2;1H. The Morgan fingerprint density at radius 3 is 2.35 bits per heavy atom. The Kier molecular flexibility index (Phi) is 5.08. The Morgan fingerprint density at radius 1 is 0.968 bits per heavy atom. The fraction of sp³-hybridized carbons (Fsp3) is 0.192. The van der Waals surface area contributed by atoms with Gasteiger partial charge in [-0.05, 0) is 43.2 Å². The van der Waals surface area contributed by atoms with Crippen molar-refractivity contribution in [3.8, 4) is 5.69 Å². The molecule has 4 aromatic rings. The van der Waals surface area contributed by atoms with Crippen LogP contribution in [0.4, 0.5) is 11.5 Å². The molecule has 1 saturated carbocycles. The van der Waals surface area contributed by atoms with Crippen molar-refractivity contribution in [2.24, 2.45) is 5.92 Å². The zero-order valence-corrected chi connectivity index (χ0v) is 17.1. The molecule has 31 heavy (non-hydrogen) atoms. The smallest absolute Gasteiger partial charge is 0.193 e. The second-order valence-electron chi connectivity index (χ2n) is 7.99. The van der Waals surface area contributed by atoms with Crippen molar-refractivity contribution in [1.82, 2.24) is 9.55 Å². The summed E-state index contributed by atoms with van der Waals surface area (Å²) in [5, 5.41) is 3.86. The van der Waals surface area contributed by atoms with Gasteiger partial charge in [0.1, 0.15) is 11.5 Å². The lowest BCUT2D eigenvalue weighted by Crippen LogP contribution is -2.16. The lowest BCUT2D eigenvalue weighted by Gasteiger charge is -2.19. The Bertz CT molecular complexity index is 1300. The third kappa shape index (κ3) is 3.75. The molecule has 0 aliphatic heterocycles. The van der Waals surface area contributed by atoms with E-state index in [4.69, 9.17) is 0 Å². The number of para-hydroxylation sites is 2. The molecular weight excluding hydrogens is 386 g/mol. The van der Waals surface area contributed by atoms with Gasteiger partial charge in [-0.2, -0.15) is 0 Å². The third-order valence-corrected chi connectivity index (χ3v) is 5.94. The molecule has 5 nitrogen and oxygen atoms in total. The van der Waals surface area contributed by atoms with Gasteiger partial charge in [-0.25, -0.2) is 0 Å². The molecule has 1 fully saturated rings.